The highest BCUT2D eigenvalue weighted by molar-refractivity contribution is 5.72. The monoisotopic (exact) mass is 145 g/mol. The molecule has 0 fully saturated rings. The maximum Gasteiger partial charge on any atom is 0.310 e. The van der Waals surface area contributed by atoms with Crippen molar-refractivity contribution in [3.05, 3.63) is 0 Å². The van der Waals surface area contributed by atoms with Gasteiger partial charge in [-0.05, 0) is 13.8 Å². The van der Waals surface area contributed by atoms with Crippen LogP contribution in [0.15, 0.2) is 0 Å². The number of hydrogen-bond acceptors (Lipinski definition) is 3. The molecule has 0 heterocycles. The number of hydrogen-bond donors (Lipinski definition) is 1. The molecule has 60 valence electrons. The fourth-order valence-corrected chi connectivity index (χ4v) is 0.445. The van der Waals surface area contributed by atoms with Gasteiger partial charge in [0.15, 0.2) is 0 Å². The minimum atomic E-state index is -0.211. The summed E-state index contributed by atoms with van der Waals surface area (Å²) in [6.07, 6.45) is -0.0403. The summed E-state index contributed by atoms with van der Waals surface area (Å²) in [7, 11) is 0. The first-order valence-electron chi connectivity index (χ1n) is 3.48. The first-order valence-corrected chi connectivity index (χ1v) is 3.48. The van der Waals surface area contributed by atoms with E-state index in [0.29, 0.717) is 6.54 Å². The topological polar surface area (TPSA) is 52.3 Å². The molecule has 0 aromatic carbocycles. The molecule has 0 aliphatic heterocycles. The van der Waals surface area contributed by atoms with Gasteiger partial charge in [-0.3, -0.25) is 4.79 Å². The summed E-state index contributed by atoms with van der Waals surface area (Å²) in [5, 5.41) is 0. The molecule has 0 aliphatic carbocycles. The normalized spacial score (nSPS) is 13.3. The van der Waals surface area contributed by atoms with E-state index in [1.54, 1.807) is 6.92 Å². The van der Waals surface area contributed by atoms with Crippen molar-refractivity contribution in [2.75, 3.05) is 6.54 Å². The van der Waals surface area contributed by atoms with Crippen molar-refractivity contribution >= 4 is 5.97 Å². The lowest BCUT2D eigenvalue weighted by Crippen LogP contribution is -2.25. The van der Waals surface area contributed by atoms with E-state index in [1.165, 1.54) is 0 Å². The van der Waals surface area contributed by atoms with Crippen LogP contribution in [0.5, 0.6) is 0 Å². The average Bonchev–Trinajstić information content (AvgIpc) is 1.85. The molecule has 0 aliphatic rings. The van der Waals surface area contributed by atoms with Gasteiger partial charge in [-0.1, -0.05) is 6.92 Å². The standard InChI is InChI=1S/C7H15NO2/c1-5(2)10-7(9)6(3)4-8/h5-6H,4,8H2,1-3H3. The Kier molecular flexibility index (Phi) is 4.03. The molecule has 2 N–H and O–H groups in total. The molecule has 1 unspecified atom stereocenters. The molecule has 0 aromatic rings. The van der Waals surface area contributed by atoms with Crippen molar-refractivity contribution in [1.82, 2.24) is 0 Å². The quantitative estimate of drug-likeness (QED) is 0.589. The SMILES string of the molecule is CC(C)OC(=O)C(C)CN. The molecule has 0 radical (unpaired) electrons. The van der Waals surface area contributed by atoms with Gasteiger partial charge in [0.1, 0.15) is 0 Å². The Morgan fingerprint density at radius 2 is 2.00 bits per heavy atom. The van der Waals surface area contributed by atoms with E-state index in [4.69, 9.17) is 10.5 Å². The Bertz CT molecular complexity index is 112. The predicted molar refractivity (Wildman–Crippen MR) is 39.4 cm³/mol. The molecule has 0 spiro atoms. The molecular formula is C7H15NO2. The summed E-state index contributed by atoms with van der Waals surface area (Å²) in [6, 6.07) is 0. The highest BCUT2D eigenvalue weighted by atomic mass is 16.5. The molecule has 0 aromatic heterocycles. The third-order valence-electron chi connectivity index (χ3n) is 1.11. The molecule has 3 nitrogen and oxygen atoms in total. The van der Waals surface area contributed by atoms with E-state index >= 15 is 0 Å². The van der Waals surface area contributed by atoms with E-state index in [-0.39, 0.29) is 18.0 Å². The molecule has 0 saturated carbocycles. The van der Waals surface area contributed by atoms with Gasteiger partial charge in [-0.15, -0.1) is 0 Å². The lowest BCUT2D eigenvalue weighted by molar-refractivity contribution is -0.151. The van der Waals surface area contributed by atoms with Gasteiger partial charge in [0, 0.05) is 6.54 Å². The molecule has 0 amide bonds. The Balaban J connectivity index is 3.62. The lowest BCUT2D eigenvalue weighted by atomic mass is 10.2. The van der Waals surface area contributed by atoms with Crippen molar-refractivity contribution in [3.8, 4) is 0 Å². The molecule has 0 saturated heterocycles. The van der Waals surface area contributed by atoms with E-state index in [9.17, 15) is 4.79 Å². The Labute approximate surface area is 61.5 Å². The number of esters is 1. The first kappa shape index (κ1) is 9.43. The molecule has 1 atom stereocenters. The van der Waals surface area contributed by atoms with Crippen LogP contribution >= 0.6 is 0 Å². The highest BCUT2D eigenvalue weighted by Gasteiger charge is 2.12. The summed E-state index contributed by atoms with van der Waals surface area (Å²) >= 11 is 0. The average molecular weight is 145 g/mol. The zero-order valence-corrected chi connectivity index (χ0v) is 6.76. The number of rotatable bonds is 3. The fraction of sp³-hybridized carbons (Fsp3) is 0.857. The highest BCUT2D eigenvalue weighted by Crippen LogP contribution is 1.98. The zero-order chi connectivity index (χ0) is 8.15. The summed E-state index contributed by atoms with van der Waals surface area (Å²) in [6.45, 7) is 5.75. The summed E-state index contributed by atoms with van der Waals surface area (Å²) in [5.74, 6) is -0.389. The second-order valence-electron chi connectivity index (χ2n) is 2.62. The number of carbonyl (C=O) groups is 1. The van der Waals surface area contributed by atoms with Gasteiger partial charge < -0.3 is 10.5 Å². The van der Waals surface area contributed by atoms with Crippen molar-refractivity contribution < 1.29 is 9.53 Å². The Morgan fingerprint density at radius 3 is 2.30 bits per heavy atom. The van der Waals surface area contributed by atoms with E-state index < -0.39 is 0 Å². The van der Waals surface area contributed by atoms with Crippen LogP contribution in [0.1, 0.15) is 20.8 Å². The van der Waals surface area contributed by atoms with Gasteiger partial charge in [-0.25, -0.2) is 0 Å². The summed E-state index contributed by atoms with van der Waals surface area (Å²) in [4.78, 5) is 10.9. The van der Waals surface area contributed by atoms with Crippen LogP contribution in [0.3, 0.4) is 0 Å². The Hall–Kier alpha value is -0.570. The molecule has 0 rings (SSSR count). The lowest BCUT2D eigenvalue weighted by Gasteiger charge is -2.11. The number of ether oxygens (including phenoxy) is 1. The Morgan fingerprint density at radius 1 is 1.50 bits per heavy atom. The number of carbonyl (C=O) groups excluding carboxylic acids is 1. The van der Waals surface area contributed by atoms with Gasteiger partial charge in [0.05, 0.1) is 12.0 Å². The predicted octanol–water partition coefficient (Wildman–Crippen LogP) is 0.533. The second kappa shape index (κ2) is 4.28. The van der Waals surface area contributed by atoms with Crippen molar-refractivity contribution in [2.45, 2.75) is 26.9 Å². The third-order valence-corrected chi connectivity index (χ3v) is 1.11. The van der Waals surface area contributed by atoms with Gasteiger partial charge in [-0.2, -0.15) is 0 Å². The van der Waals surface area contributed by atoms with E-state index in [1.807, 2.05) is 13.8 Å². The van der Waals surface area contributed by atoms with Crippen molar-refractivity contribution in [3.63, 3.8) is 0 Å². The number of nitrogens with two attached hydrogens (primary N) is 1. The molecule has 10 heavy (non-hydrogen) atoms. The fourth-order valence-electron chi connectivity index (χ4n) is 0.445. The van der Waals surface area contributed by atoms with Crippen LogP contribution in [0.4, 0.5) is 0 Å². The first-order chi connectivity index (χ1) is 4.57. The van der Waals surface area contributed by atoms with Crippen LogP contribution in [0, 0.1) is 5.92 Å². The largest absolute Gasteiger partial charge is 0.463 e. The van der Waals surface area contributed by atoms with E-state index in [2.05, 4.69) is 0 Å². The summed E-state index contributed by atoms with van der Waals surface area (Å²) < 4.78 is 4.88. The minimum Gasteiger partial charge on any atom is -0.463 e. The van der Waals surface area contributed by atoms with Crippen LogP contribution in [0.25, 0.3) is 0 Å². The van der Waals surface area contributed by atoms with Crippen molar-refractivity contribution in [1.29, 1.82) is 0 Å². The maximum atomic E-state index is 10.9. The second-order valence-corrected chi connectivity index (χ2v) is 2.62. The van der Waals surface area contributed by atoms with Crippen LogP contribution < -0.4 is 5.73 Å². The zero-order valence-electron chi connectivity index (χ0n) is 6.76. The van der Waals surface area contributed by atoms with Crippen molar-refractivity contribution in [2.24, 2.45) is 11.7 Å². The van der Waals surface area contributed by atoms with E-state index in [0.717, 1.165) is 0 Å². The molecule has 3 heteroatoms. The van der Waals surface area contributed by atoms with Gasteiger partial charge in [0.2, 0.25) is 0 Å². The smallest absolute Gasteiger partial charge is 0.310 e. The molecular weight excluding hydrogens is 130 g/mol. The van der Waals surface area contributed by atoms with Gasteiger partial charge >= 0.3 is 5.97 Å². The van der Waals surface area contributed by atoms with Crippen LogP contribution in [-0.2, 0) is 9.53 Å². The van der Waals surface area contributed by atoms with Crippen LogP contribution in [0.2, 0.25) is 0 Å². The van der Waals surface area contributed by atoms with Gasteiger partial charge in [0.25, 0.3) is 0 Å². The molecule has 0 bridgehead atoms. The van der Waals surface area contributed by atoms with Crippen LogP contribution in [-0.4, -0.2) is 18.6 Å². The summed E-state index contributed by atoms with van der Waals surface area (Å²) in [5.41, 5.74) is 5.25. The minimum absolute atomic E-state index is 0.0403. The third kappa shape index (κ3) is 3.45. The maximum absolute atomic E-state index is 10.9.